The number of benzene rings is 2. The predicted molar refractivity (Wildman–Crippen MR) is 158 cm³/mol. The first-order valence-corrected chi connectivity index (χ1v) is 13.9. The zero-order chi connectivity index (χ0) is 27.5. The van der Waals surface area contributed by atoms with Crippen molar-refractivity contribution in [3.05, 3.63) is 71.6 Å². The molecule has 0 saturated carbocycles. The van der Waals surface area contributed by atoms with Crippen LogP contribution in [0.3, 0.4) is 0 Å². The van der Waals surface area contributed by atoms with Crippen molar-refractivity contribution in [2.75, 3.05) is 11.9 Å². The number of unbranched alkanes of at least 4 members (excludes halogenated alkanes) is 4. The number of Topliss-reactive ketones (excluding diaryl/α,β-unsaturated/α-hetero) is 1. The van der Waals surface area contributed by atoms with Crippen LogP contribution < -0.4 is 4.90 Å². The molecule has 0 aliphatic heterocycles. The van der Waals surface area contributed by atoms with Crippen LogP contribution in [0.25, 0.3) is 5.70 Å². The highest BCUT2D eigenvalue weighted by molar-refractivity contribution is 5.79. The van der Waals surface area contributed by atoms with E-state index in [9.17, 15) is 9.18 Å². The van der Waals surface area contributed by atoms with Gasteiger partial charge in [-0.15, -0.1) is 0 Å². The van der Waals surface area contributed by atoms with E-state index in [0.717, 1.165) is 42.5 Å². The molecule has 0 amide bonds. The van der Waals surface area contributed by atoms with E-state index in [1.807, 2.05) is 56.1 Å². The molecule has 0 unspecified atom stereocenters. The molecule has 0 atom stereocenters. The molecule has 2 aromatic rings. The molecule has 0 aromatic heterocycles. The molecule has 0 bridgehead atoms. The number of hydrogen-bond acceptors (Lipinski definition) is 2. The summed E-state index contributed by atoms with van der Waals surface area (Å²) in [7, 11) is 1.91. The van der Waals surface area contributed by atoms with Crippen molar-refractivity contribution < 1.29 is 9.18 Å². The average molecular weight is 498 g/mol. The lowest BCUT2D eigenvalue weighted by molar-refractivity contribution is -0.121. The van der Waals surface area contributed by atoms with Gasteiger partial charge in [0.25, 0.3) is 0 Å². The summed E-state index contributed by atoms with van der Waals surface area (Å²) in [5, 5.41) is 0. The minimum absolute atomic E-state index is 0.240. The van der Waals surface area contributed by atoms with E-state index in [-0.39, 0.29) is 5.82 Å². The number of anilines is 1. The van der Waals surface area contributed by atoms with Gasteiger partial charge < -0.3 is 4.90 Å². The minimum Gasteiger partial charge on any atom is -0.344 e. The van der Waals surface area contributed by atoms with Crippen molar-refractivity contribution >= 4 is 17.2 Å². The first-order valence-electron chi connectivity index (χ1n) is 13.9. The summed E-state index contributed by atoms with van der Waals surface area (Å²) in [6, 6.07) is 13.1. The van der Waals surface area contributed by atoms with Crippen LogP contribution in [0.15, 0.2) is 49.0 Å². The summed E-state index contributed by atoms with van der Waals surface area (Å²) in [5.41, 5.74) is 4.41. The van der Waals surface area contributed by atoms with E-state index in [2.05, 4.69) is 34.3 Å². The first-order chi connectivity index (χ1) is 17.1. The number of rotatable bonds is 12. The Morgan fingerprint density at radius 3 is 1.92 bits per heavy atom. The van der Waals surface area contributed by atoms with E-state index >= 15 is 0 Å². The zero-order valence-electron chi connectivity index (χ0n) is 24.4. The van der Waals surface area contributed by atoms with Crippen LogP contribution in [0.4, 0.5) is 10.1 Å². The molecule has 3 heteroatoms. The van der Waals surface area contributed by atoms with Gasteiger partial charge in [-0.3, -0.25) is 4.79 Å². The summed E-state index contributed by atoms with van der Waals surface area (Å²) < 4.78 is 13.9. The van der Waals surface area contributed by atoms with Crippen LogP contribution in [0.5, 0.6) is 0 Å². The number of halogens is 1. The maximum Gasteiger partial charge on any atom is 0.132 e. The summed E-state index contributed by atoms with van der Waals surface area (Å²) in [5.74, 6) is 0.467. The van der Waals surface area contributed by atoms with Gasteiger partial charge in [-0.25, -0.2) is 4.39 Å². The van der Waals surface area contributed by atoms with E-state index in [4.69, 9.17) is 0 Å². The normalized spacial score (nSPS) is 10.2. The van der Waals surface area contributed by atoms with E-state index in [1.54, 1.807) is 13.0 Å². The van der Waals surface area contributed by atoms with Crippen LogP contribution >= 0.6 is 0 Å². The molecule has 0 heterocycles. The molecule has 0 N–H and O–H groups in total. The average Bonchev–Trinajstić information content (AvgIpc) is 2.86. The number of nitrogens with zero attached hydrogens (tertiary/aromatic N) is 1. The quantitative estimate of drug-likeness (QED) is 0.272. The topological polar surface area (TPSA) is 20.3 Å². The third-order valence-corrected chi connectivity index (χ3v) is 6.37. The standard InChI is InChI=1S/C17H18FN.C9H18O.C7H16/c1-12-9-10-16(18)15(11-12)14(3)19(4)17-8-6-5-7-13(17)2;1-4-6-9(7-5-2)8(3)10;1-3-5-7-6-4-2/h5-11H,3H2,1-2,4H3;9H,4-7H2,1-3H3;3-7H2,1-2H3. The lowest BCUT2D eigenvalue weighted by Gasteiger charge is -2.24. The second kappa shape index (κ2) is 19.7. The predicted octanol–water partition coefficient (Wildman–Crippen LogP) is 10.3. The van der Waals surface area contributed by atoms with Gasteiger partial charge in [0.05, 0.1) is 0 Å². The monoisotopic (exact) mass is 497 g/mol. The second-order valence-electron chi connectivity index (χ2n) is 9.72. The van der Waals surface area contributed by atoms with Crippen LogP contribution in [0.1, 0.15) is 109 Å². The summed E-state index contributed by atoms with van der Waals surface area (Å²) in [6.07, 6.45) is 11.4. The van der Waals surface area contributed by atoms with Crippen molar-refractivity contribution in [1.29, 1.82) is 0 Å². The summed E-state index contributed by atoms with van der Waals surface area (Å²) in [4.78, 5) is 12.8. The van der Waals surface area contributed by atoms with Gasteiger partial charge in [0.1, 0.15) is 11.6 Å². The smallest absolute Gasteiger partial charge is 0.132 e. The molecular weight excluding hydrogens is 445 g/mol. The van der Waals surface area contributed by atoms with Gasteiger partial charge in [0.15, 0.2) is 0 Å². The SMILES string of the molecule is C=C(c1cc(C)ccc1F)N(C)c1ccccc1C.CCCC(CCC)C(C)=O.CCCCCCC. The van der Waals surface area contributed by atoms with E-state index in [0.29, 0.717) is 23.0 Å². The summed E-state index contributed by atoms with van der Waals surface area (Å²) in [6.45, 7) is 18.5. The number of carbonyl (C=O) groups is 1. The second-order valence-corrected chi connectivity index (χ2v) is 9.72. The molecule has 0 aliphatic carbocycles. The Morgan fingerprint density at radius 1 is 0.889 bits per heavy atom. The number of ketones is 1. The molecular formula is C33H52FNO. The van der Waals surface area contributed by atoms with E-state index in [1.165, 1.54) is 38.2 Å². The zero-order valence-corrected chi connectivity index (χ0v) is 24.4. The Balaban J connectivity index is 0.000000605. The van der Waals surface area contributed by atoms with Gasteiger partial charge in [0.2, 0.25) is 0 Å². The molecule has 2 nitrogen and oxygen atoms in total. The van der Waals surface area contributed by atoms with Gasteiger partial charge in [0, 0.05) is 29.9 Å². The number of carbonyl (C=O) groups excluding carboxylic acids is 1. The third-order valence-electron chi connectivity index (χ3n) is 6.37. The summed E-state index contributed by atoms with van der Waals surface area (Å²) >= 11 is 0. The molecule has 0 saturated heterocycles. The molecule has 0 aliphatic rings. The lowest BCUT2D eigenvalue weighted by Crippen LogP contribution is -2.16. The number of hydrogen-bond donors (Lipinski definition) is 0. The van der Waals surface area contributed by atoms with Crippen molar-refractivity contribution in [2.45, 2.75) is 106 Å². The number of para-hydroxylation sites is 1. The molecule has 0 radical (unpaired) electrons. The van der Waals surface area contributed by atoms with Gasteiger partial charge in [-0.1, -0.05) is 109 Å². The minimum atomic E-state index is -0.240. The Labute approximate surface area is 222 Å². The largest absolute Gasteiger partial charge is 0.344 e. The van der Waals surface area contributed by atoms with Crippen LogP contribution in [-0.2, 0) is 4.79 Å². The fraction of sp³-hybridized carbons (Fsp3) is 0.545. The Morgan fingerprint density at radius 2 is 1.44 bits per heavy atom. The highest BCUT2D eigenvalue weighted by Crippen LogP contribution is 2.28. The molecule has 202 valence electrons. The first kappa shape index (κ1) is 33.6. The fourth-order valence-corrected chi connectivity index (χ4v) is 4.05. The number of aryl methyl sites for hydroxylation is 2. The third kappa shape index (κ3) is 13.0. The molecule has 36 heavy (non-hydrogen) atoms. The van der Waals surface area contributed by atoms with Gasteiger partial charge in [-0.2, -0.15) is 0 Å². The molecule has 0 fully saturated rings. The Kier molecular flexibility index (Phi) is 18.4. The van der Waals surface area contributed by atoms with Crippen LogP contribution in [-0.4, -0.2) is 12.8 Å². The highest BCUT2D eigenvalue weighted by Gasteiger charge is 2.13. The Hall–Kier alpha value is -2.42. The van der Waals surface area contributed by atoms with Gasteiger partial charge >= 0.3 is 0 Å². The maximum absolute atomic E-state index is 13.9. The highest BCUT2D eigenvalue weighted by atomic mass is 19.1. The van der Waals surface area contributed by atoms with Crippen LogP contribution in [0.2, 0.25) is 0 Å². The van der Waals surface area contributed by atoms with E-state index < -0.39 is 0 Å². The Bertz CT molecular complexity index is 879. The molecule has 2 aromatic carbocycles. The molecule has 0 spiro atoms. The van der Waals surface area contributed by atoms with Crippen LogP contribution in [0, 0.1) is 25.6 Å². The van der Waals surface area contributed by atoms with Crippen molar-refractivity contribution in [1.82, 2.24) is 0 Å². The van der Waals surface area contributed by atoms with Gasteiger partial charge in [-0.05, 0) is 57.4 Å². The maximum atomic E-state index is 13.9. The van der Waals surface area contributed by atoms with Crippen molar-refractivity contribution in [2.24, 2.45) is 5.92 Å². The van der Waals surface area contributed by atoms with Crippen molar-refractivity contribution in [3.8, 4) is 0 Å². The fourth-order valence-electron chi connectivity index (χ4n) is 4.05. The molecule has 2 rings (SSSR count). The van der Waals surface area contributed by atoms with Crippen molar-refractivity contribution in [3.63, 3.8) is 0 Å². The lowest BCUT2D eigenvalue weighted by atomic mass is 9.95.